The molecule has 0 unspecified atom stereocenters. The molecule has 35 heavy (non-hydrogen) atoms. The molecule has 1 N–H and O–H groups in total. The van der Waals surface area contributed by atoms with E-state index in [4.69, 9.17) is 21.1 Å². The van der Waals surface area contributed by atoms with Gasteiger partial charge in [0.2, 0.25) is 0 Å². The Balaban J connectivity index is 1.82. The van der Waals surface area contributed by atoms with E-state index in [0.717, 1.165) is 23.8 Å². The zero-order valence-electron chi connectivity index (χ0n) is 18.1. The first-order valence-electron chi connectivity index (χ1n) is 9.96. The number of rotatable bonds is 7. The smallest absolute Gasteiger partial charge is 0.416 e. The van der Waals surface area contributed by atoms with E-state index in [9.17, 15) is 23.2 Å². The SMILES string of the molecule is COc1cc(/C=C(\C#N)C(=O)Nc2cccc(C(F)(F)F)c2)cc(Br)c1OCc1cccc(Cl)c1. The maximum Gasteiger partial charge on any atom is 0.416 e. The second-order valence-corrected chi connectivity index (χ2v) is 8.45. The van der Waals surface area contributed by atoms with Gasteiger partial charge in [0.15, 0.2) is 11.5 Å². The van der Waals surface area contributed by atoms with Gasteiger partial charge in [0, 0.05) is 10.7 Å². The van der Waals surface area contributed by atoms with Crippen LogP contribution in [0.15, 0.2) is 70.7 Å². The lowest BCUT2D eigenvalue weighted by molar-refractivity contribution is -0.137. The summed E-state index contributed by atoms with van der Waals surface area (Å²) in [5, 5.41) is 12.4. The van der Waals surface area contributed by atoms with Crippen molar-refractivity contribution >= 4 is 45.2 Å². The van der Waals surface area contributed by atoms with Crippen molar-refractivity contribution in [2.45, 2.75) is 12.8 Å². The fourth-order valence-electron chi connectivity index (χ4n) is 3.03. The van der Waals surface area contributed by atoms with Crippen molar-refractivity contribution in [3.05, 3.63) is 92.4 Å². The molecule has 3 aromatic carbocycles. The Labute approximate surface area is 212 Å². The zero-order chi connectivity index (χ0) is 25.6. The van der Waals surface area contributed by atoms with E-state index in [0.29, 0.717) is 26.6 Å². The van der Waals surface area contributed by atoms with E-state index in [1.807, 2.05) is 6.07 Å². The van der Waals surface area contributed by atoms with Crippen molar-refractivity contribution in [2.24, 2.45) is 0 Å². The number of ether oxygens (including phenoxy) is 2. The van der Waals surface area contributed by atoms with Gasteiger partial charge in [0.05, 0.1) is 17.1 Å². The van der Waals surface area contributed by atoms with Crippen molar-refractivity contribution < 1.29 is 27.4 Å². The second-order valence-electron chi connectivity index (χ2n) is 7.16. The zero-order valence-corrected chi connectivity index (χ0v) is 20.5. The molecule has 0 aliphatic carbocycles. The van der Waals surface area contributed by atoms with Gasteiger partial charge in [0.1, 0.15) is 18.2 Å². The van der Waals surface area contributed by atoms with Crippen LogP contribution in [0, 0.1) is 11.3 Å². The molecule has 0 aromatic heterocycles. The fraction of sp³-hybridized carbons (Fsp3) is 0.120. The average molecular weight is 566 g/mol. The number of amides is 1. The predicted octanol–water partition coefficient (Wildman–Crippen LogP) is 7.25. The lowest BCUT2D eigenvalue weighted by Gasteiger charge is -2.14. The molecule has 1 amide bonds. The molecular formula is C25H17BrClF3N2O3. The summed E-state index contributed by atoms with van der Waals surface area (Å²) in [5.41, 5.74) is -0.0497. The van der Waals surface area contributed by atoms with Gasteiger partial charge in [0.25, 0.3) is 5.91 Å². The molecule has 0 radical (unpaired) electrons. The van der Waals surface area contributed by atoms with Crippen LogP contribution in [0.25, 0.3) is 6.08 Å². The van der Waals surface area contributed by atoms with Gasteiger partial charge >= 0.3 is 6.18 Å². The van der Waals surface area contributed by atoms with Crippen molar-refractivity contribution in [1.82, 2.24) is 0 Å². The number of alkyl halides is 3. The molecule has 10 heteroatoms. The normalized spacial score (nSPS) is 11.5. The quantitative estimate of drug-likeness (QED) is 0.242. The Morgan fingerprint density at radius 1 is 1.17 bits per heavy atom. The minimum atomic E-state index is -4.56. The van der Waals surface area contributed by atoms with Crippen molar-refractivity contribution in [3.63, 3.8) is 0 Å². The number of hydrogen-bond acceptors (Lipinski definition) is 4. The van der Waals surface area contributed by atoms with Crippen molar-refractivity contribution in [3.8, 4) is 17.6 Å². The number of halogens is 5. The highest BCUT2D eigenvalue weighted by molar-refractivity contribution is 9.10. The third-order valence-corrected chi connectivity index (χ3v) is 5.47. The predicted molar refractivity (Wildman–Crippen MR) is 130 cm³/mol. The van der Waals surface area contributed by atoms with Crippen LogP contribution < -0.4 is 14.8 Å². The van der Waals surface area contributed by atoms with Crippen LogP contribution in [-0.2, 0) is 17.6 Å². The number of nitriles is 1. The first-order valence-corrected chi connectivity index (χ1v) is 11.1. The molecule has 180 valence electrons. The molecule has 0 spiro atoms. The third-order valence-electron chi connectivity index (χ3n) is 4.65. The third kappa shape index (κ3) is 7.01. The van der Waals surface area contributed by atoms with Crippen molar-refractivity contribution in [2.75, 3.05) is 12.4 Å². The average Bonchev–Trinajstić information content (AvgIpc) is 2.81. The Bertz CT molecular complexity index is 1320. The molecule has 0 bridgehead atoms. The molecule has 0 heterocycles. The molecule has 5 nitrogen and oxygen atoms in total. The lowest BCUT2D eigenvalue weighted by Crippen LogP contribution is -2.14. The summed E-state index contributed by atoms with van der Waals surface area (Å²) < 4.78 is 50.5. The maximum atomic E-state index is 12.9. The van der Waals surface area contributed by atoms with Crippen LogP contribution in [-0.4, -0.2) is 13.0 Å². The molecule has 0 saturated heterocycles. The van der Waals surface area contributed by atoms with Gasteiger partial charge in [-0.1, -0.05) is 29.8 Å². The van der Waals surface area contributed by atoms with Crippen LogP contribution in [0.1, 0.15) is 16.7 Å². The van der Waals surface area contributed by atoms with Crippen LogP contribution in [0.5, 0.6) is 11.5 Å². The van der Waals surface area contributed by atoms with Gasteiger partial charge in [-0.15, -0.1) is 0 Å². The molecule has 0 saturated carbocycles. The summed E-state index contributed by atoms with van der Waals surface area (Å²) in [7, 11) is 1.44. The Kier molecular flexibility index (Phi) is 8.43. The topological polar surface area (TPSA) is 71.3 Å². The highest BCUT2D eigenvalue weighted by Gasteiger charge is 2.30. The molecule has 0 aliphatic rings. The Morgan fingerprint density at radius 3 is 2.57 bits per heavy atom. The van der Waals surface area contributed by atoms with Crippen LogP contribution >= 0.6 is 27.5 Å². The summed E-state index contributed by atoms with van der Waals surface area (Å²) in [6.07, 6.45) is -3.27. The van der Waals surface area contributed by atoms with Gasteiger partial charge in [-0.05, 0) is 75.6 Å². The molecule has 0 atom stereocenters. The van der Waals surface area contributed by atoms with E-state index < -0.39 is 17.6 Å². The number of anilines is 1. The minimum absolute atomic E-state index is 0.0884. The number of methoxy groups -OCH3 is 1. The largest absolute Gasteiger partial charge is 0.493 e. The first kappa shape index (κ1) is 26.1. The van der Waals surface area contributed by atoms with Crippen molar-refractivity contribution in [1.29, 1.82) is 5.26 Å². The van der Waals surface area contributed by atoms with Gasteiger partial charge < -0.3 is 14.8 Å². The van der Waals surface area contributed by atoms with Crippen LogP contribution in [0.2, 0.25) is 5.02 Å². The highest BCUT2D eigenvalue weighted by atomic mass is 79.9. The molecule has 0 aliphatic heterocycles. The molecule has 3 aromatic rings. The lowest BCUT2D eigenvalue weighted by atomic mass is 10.1. The van der Waals surface area contributed by atoms with Crippen LogP contribution in [0.4, 0.5) is 18.9 Å². The highest BCUT2D eigenvalue weighted by Crippen LogP contribution is 2.38. The standard InChI is InChI=1S/C25H17BrClF3N2O3/c1-34-22-11-16(10-21(26)23(22)35-14-15-4-2-6-19(27)9-15)8-17(13-31)24(33)32-20-7-3-5-18(12-20)25(28,29)30/h2-12H,14H2,1H3,(H,32,33)/b17-8+. The van der Waals surface area contributed by atoms with Crippen LogP contribution in [0.3, 0.4) is 0 Å². The number of carbonyl (C=O) groups is 1. The number of benzene rings is 3. The van der Waals surface area contributed by atoms with E-state index in [-0.39, 0.29) is 17.9 Å². The molecule has 0 fully saturated rings. The number of nitrogens with zero attached hydrogens (tertiary/aromatic N) is 1. The summed E-state index contributed by atoms with van der Waals surface area (Å²) in [4.78, 5) is 12.5. The first-order chi connectivity index (χ1) is 16.6. The number of carbonyl (C=O) groups excluding carboxylic acids is 1. The van der Waals surface area contributed by atoms with E-state index in [1.54, 1.807) is 36.4 Å². The van der Waals surface area contributed by atoms with Gasteiger partial charge in [-0.2, -0.15) is 18.4 Å². The van der Waals surface area contributed by atoms with Gasteiger partial charge in [-0.3, -0.25) is 4.79 Å². The Hall–Kier alpha value is -3.48. The van der Waals surface area contributed by atoms with E-state index in [2.05, 4.69) is 21.2 Å². The fourth-order valence-corrected chi connectivity index (χ4v) is 3.82. The Morgan fingerprint density at radius 2 is 1.91 bits per heavy atom. The summed E-state index contributed by atoms with van der Waals surface area (Å²) in [5.74, 6) is -0.122. The van der Waals surface area contributed by atoms with Gasteiger partial charge in [-0.25, -0.2) is 0 Å². The molecular weight excluding hydrogens is 549 g/mol. The summed E-state index contributed by atoms with van der Waals surface area (Å²) in [6, 6.07) is 16.3. The number of nitrogens with one attached hydrogen (secondary N) is 1. The summed E-state index contributed by atoms with van der Waals surface area (Å²) >= 11 is 9.40. The maximum absolute atomic E-state index is 12.9. The monoisotopic (exact) mass is 564 g/mol. The summed E-state index contributed by atoms with van der Waals surface area (Å²) in [6.45, 7) is 0.216. The van der Waals surface area contributed by atoms with E-state index >= 15 is 0 Å². The minimum Gasteiger partial charge on any atom is -0.493 e. The molecule has 3 rings (SSSR count). The number of hydrogen-bond donors (Lipinski definition) is 1. The van der Waals surface area contributed by atoms with E-state index in [1.165, 1.54) is 19.3 Å². The second kappa shape index (κ2) is 11.3.